The lowest BCUT2D eigenvalue weighted by Gasteiger charge is -2.42. The van der Waals surface area contributed by atoms with Crippen molar-refractivity contribution in [1.29, 1.82) is 0 Å². The van der Waals surface area contributed by atoms with Gasteiger partial charge in [-0.2, -0.15) is 0 Å². The number of halogens is 1. The zero-order valence-electron chi connectivity index (χ0n) is 15.1. The molecule has 1 saturated heterocycles. The van der Waals surface area contributed by atoms with E-state index in [1.165, 1.54) is 0 Å². The van der Waals surface area contributed by atoms with E-state index in [2.05, 4.69) is 5.32 Å². The van der Waals surface area contributed by atoms with Crippen molar-refractivity contribution in [2.45, 2.75) is 24.5 Å². The predicted octanol–water partition coefficient (Wildman–Crippen LogP) is 1.95. The zero-order valence-corrected chi connectivity index (χ0v) is 15.9. The maximum absolute atomic E-state index is 12.2. The Morgan fingerprint density at radius 2 is 2.00 bits per heavy atom. The van der Waals surface area contributed by atoms with E-state index in [1.54, 1.807) is 0 Å². The fourth-order valence-electron chi connectivity index (χ4n) is 3.49. The number of amides is 1. The standard InChI is InChI=1S/C21H25ClN2O3/c22-18-8-4-5-16(13-18)9-11-23-20(26)15-24-12-10-21(27,19(25)14-24)17-6-2-1-3-7-17/h1-8,13,19,25,27H,9-12,14-15H2,(H,23,26)/t19-,21-/m0/s1. The van der Waals surface area contributed by atoms with Crippen LogP contribution in [0.3, 0.4) is 0 Å². The Balaban J connectivity index is 1.46. The summed E-state index contributed by atoms with van der Waals surface area (Å²) in [6.45, 7) is 1.54. The molecular formula is C21H25ClN2O3. The van der Waals surface area contributed by atoms with Crippen molar-refractivity contribution >= 4 is 17.5 Å². The van der Waals surface area contributed by atoms with Crippen LogP contribution in [0.25, 0.3) is 0 Å². The molecule has 1 fully saturated rings. The van der Waals surface area contributed by atoms with E-state index in [0.29, 0.717) is 36.5 Å². The largest absolute Gasteiger partial charge is 0.388 e. The molecule has 0 spiro atoms. The number of rotatable bonds is 6. The summed E-state index contributed by atoms with van der Waals surface area (Å²) in [6.07, 6.45) is 0.157. The number of benzene rings is 2. The summed E-state index contributed by atoms with van der Waals surface area (Å²) in [5.41, 5.74) is 0.521. The number of likely N-dealkylation sites (tertiary alicyclic amines) is 1. The average molecular weight is 389 g/mol. The van der Waals surface area contributed by atoms with Gasteiger partial charge in [0.2, 0.25) is 5.91 Å². The van der Waals surface area contributed by atoms with Gasteiger partial charge in [0.1, 0.15) is 5.60 Å². The molecule has 0 unspecified atom stereocenters. The van der Waals surface area contributed by atoms with Gasteiger partial charge in [-0.15, -0.1) is 0 Å². The van der Waals surface area contributed by atoms with Gasteiger partial charge < -0.3 is 15.5 Å². The maximum Gasteiger partial charge on any atom is 0.234 e. The highest BCUT2D eigenvalue weighted by Gasteiger charge is 2.42. The first-order chi connectivity index (χ1) is 13.0. The minimum absolute atomic E-state index is 0.0885. The van der Waals surface area contributed by atoms with E-state index in [-0.39, 0.29) is 19.0 Å². The second kappa shape index (κ2) is 8.85. The molecule has 3 N–H and O–H groups in total. The minimum Gasteiger partial charge on any atom is -0.388 e. The number of aliphatic hydroxyl groups is 2. The molecule has 144 valence electrons. The van der Waals surface area contributed by atoms with Crippen LogP contribution in [0, 0.1) is 0 Å². The van der Waals surface area contributed by atoms with E-state index in [9.17, 15) is 15.0 Å². The number of hydrogen-bond donors (Lipinski definition) is 3. The highest BCUT2D eigenvalue weighted by molar-refractivity contribution is 6.30. The van der Waals surface area contributed by atoms with Crippen molar-refractivity contribution in [2.75, 3.05) is 26.2 Å². The third-order valence-electron chi connectivity index (χ3n) is 5.06. The molecule has 1 aliphatic heterocycles. The number of aliphatic hydroxyl groups excluding tert-OH is 1. The van der Waals surface area contributed by atoms with Gasteiger partial charge in [-0.25, -0.2) is 0 Å². The van der Waals surface area contributed by atoms with Crippen LogP contribution in [-0.4, -0.2) is 53.3 Å². The molecular weight excluding hydrogens is 364 g/mol. The smallest absolute Gasteiger partial charge is 0.234 e. The van der Waals surface area contributed by atoms with Crippen molar-refractivity contribution < 1.29 is 15.0 Å². The first-order valence-corrected chi connectivity index (χ1v) is 9.54. The van der Waals surface area contributed by atoms with E-state index in [1.807, 2.05) is 59.5 Å². The molecule has 0 radical (unpaired) electrons. The van der Waals surface area contributed by atoms with E-state index in [4.69, 9.17) is 11.6 Å². The Kier molecular flexibility index (Phi) is 6.50. The van der Waals surface area contributed by atoms with Crippen LogP contribution in [0.15, 0.2) is 54.6 Å². The average Bonchev–Trinajstić information content (AvgIpc) is 2.66. The van der Waals surface area contributed by atoms with Crippen LogP contribution in [-0.2, 0) is 16.8 Å². The van der Waals surface area contributed by atoms with Gasteiger partial charge in [0.15, 0.2) is 0 Å². The number of nitrogens with zero attached hydrogens (tertiary/aromatic N) is 1. The summed E-state index contributed by atoms with van der Waals surface area (Å²) >= 11 is 5.96. The van der Waals surface area contributed by atoms with Crippen molar-refractivity contribution in [2.24, 2.45) is 0 Å². The number of nitrogens with one attached hydrogen (secondary N) is 1. The Bertz CT molecular complexity index is 771. The van der Waals surface area contributed by atoms with Crippen LogP contribution < -0.4 is 5.32 Å². The lowest BCUT2D eigenvalue weighted by Crippen LogP contribution is -2.55. The summed E-state index contributed by atoms with van der Waals surface area (Å²) in [4.78, 5) is 14.1. The molecule has 27 heavy (non-hydrogen) atoms. The van der Waals surface area contributed by atoms with Crippen molar-refractivity contribution in [3.8, 4) is 0 Å². The monoisotopic (exact) mass is 388 g/mol. The second-order valence-corrected chi connectivity index (χ2v) is 7.46. The van der Waals surface area contributed by atoms with Gasteiger partial charge in [-0.3, -0.25) is 9.69 Å². The van der Waals surface area contributed by atoms with E-state index in [0.717, 1.165) is 5.56 Å². The number of β-amino-alcohol motifs (C(OH)–C–C–N with tert-alkyl or cyclic N) is 1. The molecule has 3 rings (SSSR count). The number of carbonyl (C=O) groups is 1. The molecule has 1 amide bonds. The number of piperidine rings is 1. The third-order valence-corrected chi connectivity index (χ3v) is 5.29. The Hall–Kier alpha value is -1.92. The molecule has 5 nitrogen and oxygen atoms in total. The highest BCUT2D eigenvalue weighted by atomic mass is 35.5. The fourth-order valence-corrected chi connectivity index (χ4v) is 3.70. The zero-order chi connectivity index (χ0) is 19.3. The van der Waals surface area contributed by atoms with Gasteiger partial charge in [0.05, 0.1) is 12.6 Å². The van der Waals surface area contributed by atoms with Crippen LogP contribution in [0.5, 0.6) is 0 Å². The van der Waals surface area contributed by atoms with Crippen LogP contribution >= 0.6 is 11.6 Å². The summed E-state index contributed by atoms with van der Waals surface area (Å²) in [5.74, 6) is -0.0885. The Morgan fingerprint density at radius 3 is 2.70 bits per heavy atom. The topological polar surface area (TPSA) is 72.8 Å². The molecule has 0 saturated carbocycles. The van der Waals surface area contributed by atoms with Crippen molar-refractivity contribution in [1.82, 2.24) is 10.2 Å². The van der Waals surface area contributed by atoms with Crippen LogP contribution in [0.1, 0.15) is 17.5 Å². The van der Waals surface area contributed by atoms with E-state index < -0.39 is 11.7 Å². The predicted molar refractivity (Wildman–Crippen MR) is 106 cm³/mol. The SMILES string of the molecule is O=C(CN1CC[C@](O)(c2ccccc2)[C@@H](O)C1)NCCc1cccc(Cl)c1. The molecule has 0 aromatic heterocycles. The van der Waals surface area contributed by atoms with Crippen molar-refractivity contribution in [3.05, 3.63) is 70.7 Å². The second-order valence-electron chi connectivity index (χ2n) is 7.02. The molecule has 2 atom stereocenters. The number of hydrogen-bond acceptors (Lipinski definition) is 4. The highest BCUT2D eigenvalue weighted by Crippen LogP contribution is 2.32. The van der Waals surface area contributed by atoms with Crippen molar-refractivity contribution in [3.63, 3.8) is 0 Å². The first-order valence-electron chi connectivity index (χ1n) is 9.17. The minimum atomic E-state index is -1.26. The number of carbonyl (C=O) groups excluding carboxylic acids is 1. The molecule has 0 bridgehead atoms. The summed E-state index contributed by atoms with van der Waals surface area (Å²) in [5, 5.41) is 24.9. The van der Waals surface area contributed by atoms with Gasteiger partial charge in [-0.05, 0) is 36.1 Å². The van der Waals surface area contributed by atoms with Crippen LogP contribution in [0.2, 0.25) is 5.02 Å². The summed E-state index contributed by atoms with van der Waals surface area (Å²) in [6, 6.07) is 16.8. The molecule has 1 heterocycles. The Labute approximate surface area is 164 Å². The maximum atomic E-state index is 12.2. The Morgan fingerprint density at radius 1 is 1.22 bits per heavy atom. The molecule has 6 heteroatoms. The first kappa shape index (κ1) is 19.8. The van der Waals surface area contributed by atoms with Gasteiger partial charge in [-0.1, -0.05) is 54.1 Å². The fraction of sp³-hybridized carbons (Fsp3) is 0.381. The third kappa shape index (κ3) is 5.08. The lowest BCUT2D eigenvalue weighted by atomic mass is 9.82. The van der Waals surface area contributed by atoms with Gasteiger partial charge >= 0.3 is 0 Å². The molecule has 2 aromatic carbocycles. The van der Waals surface area contributed by atoms with Gasteiger partial charge in [0, 0.05) is 24.7 Å². The molecule has 0 aliphatic carbocycles. The van der Waals surface area contributed by atoms with E-state index >= 15 is 0 Å². The normalized spacial score (nSPS) is 23.1. The molecule has 1 aliphatic rings. The molecule has 2 aromatic rings. The quantitative estimate of drug-likeness (QED) is 0.707. The lowest BCUT2D eigenvalue weighted by molar-refractivity contribution is -0.135. The summed E-state index contributed by atoms with van der Waals surface area (Å²) < 4.78 is 0. The van der Waals surface area contributed by atoms with Crippen LogP contribution in [0.4, 0.5) is 0 Å². The summed E-state index contributed by atoms with van der Waals surface area (Å²) in [7, 11) is 0. The van der Waals surface area contributed by atoms with Gasteiger partial charge in [0.25, 0.3) is 0 Å².